The lowest BCUT2D eigenvalue weighted by Gasteiger charge is -1.61. The van der Waals surface area contributed by atoms with E-state index in [0.29, 0.717) is 12.4 Å². The van der Waals surface area contributed by atoms with Crippen LogP contribution < -0.4 is 0 Å². The smallest absolute Gasteiger partial charge is 0.162 e. The fraction of sp³-hybridized carbons (Fsp3) is 0. The molecule has 0 N–H and O–H groups in total. The van der Waals surface area contributed by atoms with E-state index in [0.717, 1.165) is 14.3 Å². The first-order chi connectivity index (χ1) is 2.91. The van der Waals surface area contributed by atoms with Gasteiger partial charge in [-0.1, -0.05) is 0 Å². The largest absolute Gasteiger partial charge is 0.316 e. The summed E-state index contributed by atoms with van der Waals surface area (Å²) in [6, 6.07) is 0. The number of hydrogen-bond donors (Lipinski definition) is 0. The van der Waals surface area contributed by atoms with E-state index in [1.54, 1.807) is 0 Å². The second-order valence-corrected chi connectivity index (χ2v) is 0.657. The fourth-order valence-corrected chi connectivity index (χ4v) is 0.0907. The van der Waals surface area contributed by atoms with Gasteiger partial charge in [-0.3, -0.25) is 0 Å². The van der Waals surface area contributed by atoms with Crippen molar-refractivity contribution >= 4 is 26.7 Å². The van der Waals surface area contributed by atoms with Crippen LogP contribution in [0.2, 0.25) is 0 Å². The maximum Gasteiger partial charge on any atom is 0.162 e. The van der Waals surface area contributed by atoms with Crippen LogP contribution in [0, 0.1) is 0 Å². The number of hydrogen-bond acceptors (Lipinski definition) is 2. The predicted octanol–water partition coefficient (Wildman–Crippen LogP) is -1.31. The molecule has 0 aliphatic carbocycles. The van der Waals surface area contributed by atoms with Gasteiger partial charge in [-0.2, -0.15) is 0 Å². The van der Waals surface area contributed by atoms with Crippen LogP contribution in [0.25, 0.3) is 0 Å². The number of carbonyl (C=O) groups is 2. The standard InChI is InChI=1S/C2H2B2O2/c5-1-3-4-2-6/h1-2H. The molecule has 0 aromatic carbocycles. The molecule has 0 amide bonds. The van der Waals surface area contributed by atoms with Crippen molar-refractivity contribution in [2.75, 3.05) is 0 Å². The van der Waals surface area contributed by atoms with Crippen LogP contribution in [0.5, 0.6) is 0 Å². The van der Waals surface area contributed by atoms with Gasteiger partial charge in [0.05, 0.1) is 12.4 Å². The Morgan fingerprint density at radius 2 is 1.33 bits per heavy atom. The zero-order valence-electron chi connectivity index (χ0n) is 3.13. The normalized spacial score (nSPS) is 6.00. The average Bonchev–Trinajstić information content (AvgIpc) is 1.61. The summed E-state index contributed by atoms with van der Waals surface area (Å²) in [6.45, 7) is 0. The molecule has 0 rings (SSSR count). The van der Waals surface area contributed by atoms with Crippen molar-refractivity contribution in [1.82, 2.24) is 0 Å². The molecule has 0 aromatic rings. The van der Waals surface area contributed by atoms with Crippen molar-refractivity contribution in [3.05, 3.63) is 0 Å². The van der Waals surface area contributed by atoms with Gasteiger partial charge in [-0.05, 0) is 0 Å². The summed E-state index contributed by atoms with van der Waals surface area (Å²) in [7, 11) is 2.26. The number of rotatable bonds is 3. The summed E-state index contributed by atoms with van der Waals surface area (Å²) in [6.07, 6.45) is 1.10. The van der Waals surface area contributed by atoms with E-state index >= 15 is 0 Å². The lowest BCUT2D eigenvalue weighted by molar-refractivity contribution is 0.567. The minimum absolute atomic E-state index is 0.550. The van der Waals surface area contributed by atoms with Gasteiger partial charge in [-0.15, -0.1) is 0 Å². The predicted molar refractivity (Wildman–Crippen MR) is 25.0 cm³/mol. The lowest BCUT2D eigenvalue weighted by atomic mass is 9.42. The highest BCUT2D eigenvalue weighted by Crippen LogP contribution is 1.38. The Balaban J connectivity index is 2.66. The van der Waals surface area contributed by atoms with Gasteiger partial charge in [0.25, 0.3) is 0 Å². The minimum atomic E-state index is 0.550. The Morgan fingerprint density at radius 3 is 1.50 bits per heavy atom. The van der Waals surface area contributed by atoms with Gasteiger partial charge < -0.3 is 9.59 Å². The maximum absolute atomic E-state index is 9.32. The third-order valence-electron chi connectivity index (χ3n) is 0.268. The Kier molecular flexibility index (Phi) is 4.07. The monoisotopic (exact) mass is 80.0 g/mol. The summed E-state index contributed by atoms with van der Waals surface area (Å²) in [4.78, 5) is 18.6. The topological polar surface area (TPSA) is 34.1 Å². The molecule has 2 nitrogen and oxygen atoms in total. The number of carbonyl (C=O) groups excluding carboxylic acids is 2. The quantitative estimate of drug-likeness (QED) is 0.239. The molecule has 2 radical (unpaired) electrons. The molecule has 0 unspecified atom stereocenters. The third-order valence-corrected chi connectivity index (χ3v) is 0.268. The highest BCUT2D eigenvalue weighted by molar-refractivity contribution is 7.22. The van der Waals surface area contributed by atoms with Crippen LogP contribution in [0.4, 0.5) is 0 Å². The Labute approximate surface area is 37.4 Å². The van der Waals surface area contributed by atoms with Crippen molar-refractivity contribution in [3.8, 4) is 0 Å². The molecular weight excluding hydrogens is 77.6 g/mol. The van der Waals surface area contributed by atoms with E-state index in [1.165, 1.54) is 0 Å². The van der Waals surface area contributed by atoms with Gasteiger partial charge in [0.15, 0.2) is 14.3 Å². The molecule has 0 aliphatic rings. The van der Waals surface area contributed by atoms with Crippen LogP contribution in [0.1, 0.15) is 0 Å². The Bertz CT molecular complexity index is 45.5. The van der Waals surface area contributed by atoms with Crippen molar-refractivity contribution in [1.29, 1.82) is 0 Å². The maximum atomic E-state index is 9.32. The Hall–Kier alpha value is -0.530. The second-order valence-electron chi connectivity index (χ2n) is 0.657. The molecule has 0 aromatic heterocycles. The van der Waals surface area contributed by atoms with Crippen LogP contribution in [0.15, 0.2) is 0 Å². The van der Waals surface area contributed by atoms with Crippen molar-refractivity contribution < 1.29 is 9.59 Å². The van der Waals surface area contributed by atoms with E-state index in [9.17, 15) is 9.59 Å². The van der Waals surface area contributed by atoms with Crippen molar-refractivity contribution in [2.24, 2.45) is 0 Å². The third kappa shape index (κ3) is 3.47. The molecule has 0 saturated carbocycles. The van der Waals surface area contributed by atoms with E-state index < -0.39 is 0 Å². The molecule has 0 aliphatic heterocycles. The zero-order chi connectivity index (χ0) is 4.83. The van der Waals surface area contributed by atoms with Crippen molar-refractivity contribution in [2.45, 2.75) is 0 Å². The van der Waals surface area contributed by atoms with Gasteiger partial charge in [0, 0.05) is 0 Å². The van der Waals surface area contributed by atoms with E-state index in [2.05, 4.69) is 0 Å². The molecule has 0 atom stereocenters. The molecule has 4 heteroatoms. The van der Waals surface area contributed by atoms with Gasteiger partial charge in [-0.25, -0.2) is 0 Å². The van der Waals surface area contributed by atoms with E-state index in [-0.39, 0.29) is 0 Å². The fourth-order valence-electron chi connectivity index (χ4n) is 0.0907. The first kappa shape index (κ1) is 5.47. The molecule has 0 fully saturated rings. The summed E-state index contributed by atoms with van der Waals surface area (Å²) >= 11 is 0. The molecule has 0 bridgehead atoms. The first-order valence-electron chi connectivity index (χ1n) is 1.47. The van der Waals surface area contributed by atoms with Gasteiger partial charge in [0.2, 0.25) is 0 Å². The molecule has 0 spiro atoms. The summed E-state index contributed by atoms with van der Waals surface area (Å²) < 4.78 is 0. The van der Waals surface area contributed by atoms with E-state index in [4.69, 9.17) is 0 Å². The van der Waals surface area contributed by atoms with Crippen LogP contribution in [-0.2, 0) is 9.59 Å². The molecule has 6 heavy (non-hydrogen) atoms. The molecule has 0 saturated heterocycles. The van der Waals surface area contributed by atoms with Gasteiger partial charge in [0.1, 0.15) is 0 Å². The lowest BCUT2D eigenvalue weighted by Crippen LogP contribution is -2.04. The van der Waals surface area contributed by atoms with Crippen LogP contribution >= 0.6 is 0 Å². The summed E-state index contributed by atoms with van der Waals surface area (Å²) in [5, 5.41) is 0. The summed E-state index contributed by atoms with van der Waals surface area (Å²) in [5.41, 5.74) is 0. The zero-order valence-corrected chi connectivity index (χ0v) is 3.13. The molecule has 28 valence electrons. The summed E-state index contributed by atoms with van der Waals surface area (Å²) in [5.74, 6) is 0. The second kappa shape index (κ2) is 4.47. The van der Waals surface area contributed by atoms with Gasteiger partial charge >= 0.3 is 0 Å². The molecule has 0 heterocycles. The molecular formula is C2H2B2O2. The first-order valence-corrected chi connectivity index (χ1v) is 1.47. The highest BCUT2D eigenvalue weighted by atomic mass is 16.1. The Morgan fingerprint density at radius 1 is 1.00 bits per heavy atom. The average molecular weight is 79.7 g/mol. The SMILES string of the molecule is O=C[B][B]C=O. The van der Waals surface area contributed by atoms with Crippen LogP contribution in [-0.4, -0.2) is 26.7 Å². The van der Waals surface area contributed by atoms with Crippen molar-refractivity contribution in [3.63, 3.8) is 0 Å². The van der Waals surface area contributed by atoms with Crippen LogP contribution in [0.3, 0.4) is 0 Å². The highest BCUT2D eigenvalue weighted by Gasteiger charge is 1.82. The van der Waals surface area contributed by atoms with E-state index in [1.807, 2.05) is 0 Å². The minimum Gasteiger partial charge on any atom is -0.316 e.